The largest absolute Gasteiger partial charge is 0.345 e. The minimum absolute atomic E-state index is 0.0228. The number of anilines is 2. The van der Waals surface area contributed by atoms with Crippen molar-refractivity contribution in [1.29, 1.82) is 5.41 Å². The zero-order valence-corrected chi connectivity index (χ0v) is 47.8. The van der Waals surface area contributed by atoms with Crippen LogP contribution in [0.1, 0.15) is 126 Å². The summed E-state index contributed by atoms with van der Waals surface area (Å²) in [5, 5.41) is 22.1. The Hall–Kier alpha value is -5.51. The van der Waals surface area contributed by atoms with Crippen LogP contribution in [-0.4, -0.2) is 166 Å². The lowest BCUT2D eigenvalue weighted by Crippen LogP contribution is -2.58. The summed E-state index contributed by atoms with van der Waals surface area (Å²) in [6, 6.07) is 17.9. The molecule has 428 valence electrons. The molecule has 5 amide bonds. The second-order valence-corrected chi connectivity index (χ2v) is 22.2. The number of nitrogens with zero attached hydrogens (tertiary/aromatic N) is 6. The van der Waals surface area contributed by atoms with E-state index in [9.17, 15) is 28.8 Å². The number of benzene rings is 2. The molecule has 0 saturated carbocycles. The number of hydrazine groups is 2. The first-order chi connectivity index (χ1) is 36.0. The maximum atomic E-state index is 13.4. The van der Waals surface area contributed by atoms with E-state index in [0.717, 1.165) is 57.2 Å². The van der Waals surface area contributed by atoms with E-state index in [1.54, 1.807) is 36.1 Å². The number of aldehydes is 1. The Kier molecular flexibility index (Phi) is 30.7. The van der Waals surface area contributed by atoms with Crippen LogP contribution < -0.4 is 48.7 Å². The highest BCUT2D eigenvalue weighted by molar-refractivity contribution is 5.96. The van der Waals surface area contributed by atoms with Gasteiger partial charge in [-0.05, 0) is 94.9 Å². The fourth-order valence-corrected chi connectivity index (χ4v) is 9.01. The molecule has 2 aromatic carbocycles. The first kappa shape index (κ1) is 66.6. The number of likely N-dealkylation sites (tertiary alicyclic amines) is 2. The zero-order chi connectivity index (χ0) is 56.8. The summed E-state index contributed by atoms with van der Waals surface area (Å²) in [6.07, 6.45) is 14.0. The van der Waals surface area contributed by atoms with Crippen molar-refractivity contribution in [3.05, 3.63) is 60.7 Å². The van der Waals surface area contributed by atoms with Gasteiger partial charge < -0.3 is 51.4 Å². The first-order valence-corrected chi connectivity index (χ1v) is 27.4. The molecule has 0 aliphatic carbocycles. The third-order valence-corrected chi connectivity index (χ3v) is 13.7. The van der Waals surface area contributed by atoms with Gasteiger partial charge in [0.05, 0.1) is 43.6 Å². The predicted octanol–water partition coefficient (Wildman–Crippen LogP) is 4.19. The summed E-state index contributed by atoms with van der Waals surface area (Å²) in [4.78, 5) is 79.8. The molecule has 2 aliphatic heterocycles. The van der Waals surface area contributed by atoms with Gasteiger partial charge in [0.1, 0.15) is 24.3 Å². The Bertz CT molecular complexity index is 2020. The highest BCUT2D eigenvalue weighted by atomic mass is 16.2. The fraction of sp³-hybridized carbons (Fsp3) is 0.661. The van der Waals surface area contributed by atoms with Crippen molar-refractivity contribution in [3.63, 3.8) is 0 Å². The molecule has 20 heteroatoms. The normalized spacial score (nSPS) is 16.6. The molecule has 4 rings (SSSR count). The van der Waals surface area contributed by atoms with Crippen LogP contribution in [0.25, 0.3) is 0 Å². The Morgan fingerprint density at radius 1 is 0.750 bits per heavy atom. The molecule has 2 fully saturated rings. The number of nitrogens with one attached hydrogen (secondary N) is 5. The number of amidine groups is 1. The Morgan fingerprint density at radius 2 is 1.29 bits per heavy atom. The van der Waals surface area contributed by atoms with Gasteiger partial charge in [0, 0.05) is 38.1 Å². The number of carbonyl (C=O) groups is 6. The molecule has 2 aromatic rings. The van der Waals surface area contributed by atoms with Crippen molar-refractivity contribution < 1.29 is 28.8 Å². The maximum absolute atomic E-state index is 13.4. The van der Waals surface area contributed by atoms with Crippen LogP contribution in [0.15, 0.2) is 60.7 Å². The number of carbonyl (C=O) groups excluding carboxylic acids is 6. The molecule has 2 aliphatic rings. The molecule has 5 unspecified atom stereocenters. The molecule has 0 radical (unpaired) electrons. The number of nitrogens with two attached hydrogens (primary N) is 3. The SMILES string of the molecule is CCCCCCCCCC(=O)N(CC1CCCN1C)CC(N)N(N)c1ccccc1.CNCC(=O)NC(C(=O)N1CCCC1CN(C=O)CC(=N)N(N)c1ccccc1)C(C)(C)C.CNCC(=O)NC(C=O)C(C)(C)C. The third-order valence-electron chi connectivity index (χ3n) is 13.7. The van der Waals surface area contributed by atoms with Crippen LogP contribution in [0.5, 0.6) is 0 Å². The van der Waals surface area contributed by atoms with Gasteiger partial charge in [-0.15, -0.1) is 0 Å². The zero-order valence-electron chi connectivity index (χ0n) is 47.8. The van der Waals surface area contributed by atoms with E-state index in [1.807, 2.05) is 95.0 Å². The lowest BCUT2D eigenvalue weighted by atomic mass is 9.85. The van der Waals surface area contributed by atoms with E-state index in [4.69, 9.17) is 22.8 Å². The van der Waals surface area contributed by atoms with Crippen LogP contribution in [-0.2, 0) is 28.8 Å². The lowest BCUT2D eigenvalue weighted by molar-refractivity contribution is -0.140. The quantitative estimate of drug-likeness (QED) is 0.0113. The van der Waals surface area contributed by atoms with E-state index in [-0.39, 0.29) is 60.6 Å². The van der Waals surface area contributed by atoms with Gasteiger partial charge in [-0.25, -0.2) is 11.7 Å². The number of rotatable bonds is 28. The molecule has 2 saturated heterocycles. The molecular weight excluding hydrogens is 965 g/mol. The number of para-hydroxylation sites is 2. The summed E-state index contributed by atoms with van der Waals surface area (Å²) in [5.74, 6) is 12.0. The van der Waals surface area contributed by atoms with Crippen molar-refractivity contribution in [1.82, 2.24) is 40.9 Å². The van der Waals surface area contributed by atoms with E-state index in [2.05, 4.69) is 40.1 Å². The number of hydrogen-bond donors (Lipinski definition) is 8. The third kappa shape index (κ3) is 24.2. The summed E-state index contributed by atoms with van der Waals surface area (Å²) in [5.41, 5.74) is 7.22. The first-order valence-electron chi connectivity index (χ1n) is 27.4. The van der Waals surface area contributed by atoms with Crippen LogP contribution in [0, 0.1) is 16.2 Å². The standard InChI is InChI=1S/C24H43N5O.C23H37N7O3.C9H18N2O2/c1-3-4-5-6-7-8-12-17-24(30)28(19-22-16-13-18-27(22)2)20-23(25)29(26)21-14-10-9-11-15-21;1-23(2,3)21(27-20(32)13-26-4)22(33)29-12-8-11-18(29)14-28(16-31)15-19(24)30(25)17-9-6-5-7-10-17;1-9(2,3)7(6-12)11-8(13)5-10-4/h9-11,14-15,22-23H,3-8,12-13,16-20,25-26H2,1-2H3;5-7,9-10,16,18,21,24,26H,8,11-15,25H2,1-4H3,(H,27,32);6-7,10H,5H2,1-4H3,(H,11,13). The molecule has 2 heterocycles. The average molecular weight is 1060 g/mol. The van der Waals surface area contributed by atoms with Gasteiger partial charge in [0.2, 0.25) is 30.0 Å². The minimum Gasteiger partial charge on any atom is -0.345 e. The Morgan fingerprint density at radius 3 is 1.80 bits per heavy atom. The number of unbranched alkanes of at least 4 members (excludes halogenated alkanes) is 6. The second-order valence-electron chi connectivity index (χ2n) is 22.2. The van der Waals surface area contributed by atoms with Crippen LogP contribution in [0.2, 0.25) is 0 Å². The number of amides is 5. The summed E-state index contributed by atoms with van der Waals surface area (Å²) in [6.45, 7) is 17.2. The van der Waals surface area contributed by atoms with Gasteiger partial charge in [-0.3, -0.25) is 39.4 Å². The van der Waals surface area contributed by atoms with Crippen molar-refractivity contribution >= 4 is 53.5 Å². The van der Waals surface area contributed by atoms with E-state index in [0.29, 0.717) is 44.2 Å². The highest BCUT2D eigenvalue weighted by Crippen LogP contribution is 2.27. The lowest BCUT2D eigenvalue weighted by Gasteiger charge is -2.37. The molecule has 20 nitrogen and oxygen atoms in total. The number of likely N-dealkylation sites (N-methyl/N-ethyl adjacent to an activating group) is 3. The summed E-state index contributed by atoms with van der Waals surface area (Å²) < 4.78 is 0. The van der Waals surface area contributed by atoms with Crippen LogP contribution in [0.4, 0.5) is 11.4 Å². The fourth-order valence-electron chi connectivity index (χ4n) is 9.01. The molecule has 0 bridgehead atoms. The molecular formula is C56H98N14O6. The molecule has 0 aromatic heterocycles. The second kappa shape index (κ2) is 35.0. The smallest absolute Gasteiger partial charge is 0.246 e. The Labute approximate surface area is 455 Å². The van der Waals surface area contributed by atoms with Crippen molar-refractivity contribution in [2.24, 2.45) is 28.2 Å². The molecule has 11 N–H and O–H groups in total. The monoisotopic (exact) mass is 1060 g/mol. The van der Waals surface area contributed by atoms with E-state index < -0.39 is 23.7 Å². The molecule has 76 heavy (non-hydrogen) atoms. The van der Waals surface area contributed by atoms with Gasteiger partial charge in [0.25, 0.3) is 0 Å². The molecule has 5 atom stereocenters. The minimum atomic E-state index is -0.681. The van der Waals surface area contributed by atoms with Crippen molar-refractivity contribution in [2.45, 2.75) is 156 Å². The topological polar surface area (TPSA) is 272 Å². The van der Waals surface area contributed by atoms with Crippen molar-refractivity contribution in [3.8, 4) is 0 Å². The summed E-state index contributed by atoms with van der Waals surface area (Å²) >= 11 is 0. The van der Waals surface area contributed by atoms with Crippen LogP contribution >= 0.6 is 0 Å². The van der Waals surface area contributed by atoms with E-state index >= 15 is 0 Å². The van der Waals surface area contributed by atoms with Gasteiger partial charge in [0.15, 0.2) is 0 Å². The maximum Gasteiger partial charge on any atom is 0.246 e. The number of hydrogen-bond acceptors (Lipinski definition) is 14. The molecule has 0 spiro atoms. The highest BCUT2D eigenvalue weighted by Gasteiger charge is 2.40. The Balaban J connectivity index is 0.000000425. The van der Waals surface area contributed by atoms with Crippen LogP contribution in [0.3, 0.4) is 0 Å². The van der Waals surface area contributed by atoms with Gasteiger partial charge in [-0.1, -0.05) is 123 Å². The predicted molar refractivity (Wildman–Crippen MR) is 306 cm³/mol. The van der Waals surface area contributed by atoms with Gasteiger partial charge in [-0.2, -0.15) is 0 Å². The van der Waals surface area contributed by atoms with Crippen molar-refractivity contribution in [2.75, 3.05) is 83.5 Å². The average Bonchev–Trinajstić information content (AvgIpc) is 4.03. The van der Waals surface area contributed by atoms with E-state index in [1.165, 1.54) is 48.4 Å². The summed E-state index contributed by atoms with van der Waals surface area (Å²) in [7, 11) is 5.51. The van der Waals surface area contributed by atoms with Gasteiger partial charge >= 0.3 is 0 Å².